The van der Waals surface area contributed by atoms with Crippen LogP contribution in [-0.2, 0) is 28.6 Å². The monoisotopic (exact) mass is 873 g/mol. The summed E-state index contributed by atoms with van der Waals surface area (Å²) < 4.78 is 16.7. The Balaban J connectivity index is 4.49. The largest absolute Gasteiger partial charge is 0.462 e. The van der Waals surface area contributed by atoms with E-state index in [2.05, 4.69) is 130 Å². The van der Waals surface area contributed by atoms with Crippen LogP contribution in [0.25, 0.3) is 0 Å². The third kappa shape index (κ3) is 49.0. The Labute approximate surface area is 387 Å². The Hall–Kier alpha value is -3.93. The molecule has 6 nitrogen and oxygen atoms in total. The van der Waals surface area contributed by atoms with Gasteiger partial charge in [0.25, 0.3) is 0 Å². The van der Waals surface area contributed by atoms with Crippen LogP contribution in [-0.4, -0.2) is 37.2 Å². The lowest BCUT2D eigenvalue weighted by Gasteiger charge is -2.18. The van der Waals surface area contributed by atoms with Gasteiger partial charge < -0.3 is 14.2 Å². The topological polar surface area (TPSA) is 78.9 Å². The molecule has 0 aromatic carbocycles. The summed E-state index contributed by atoms with van der Waals surface area (Å²) >= 11 is 0. The molecule has 0 saturated carbocycles. The maximum atomic E-state index is 12.8. The number of unbranched alkanes of at least 4 members (excludes halogenated alkanes) is 19. The van der Waals surface area contributed by atoms with Gasteiger partial charge in [0, 0.05) is 19.3 Å². The summed E-state index contributed by atoms with van der Waals surface area (Å²) in [5, 5.41) is 0. The van der Waals surface area contributed by atoms with Gasteiger partial charge in [0.2, 0.25) is 0 Å². The summed E-state index contributed by atoms with van der Waals surface area (Å²) in [5.74, 6) is -0.975. The molecule has 0 spiro atoms. The Bertz CT molecular complexity index is 1330. The number of hydrogen-bond donors (Lipinski definition) is 0. The number of carbonyl (C=O) groups is 3. The summed E-state index contributed by atoms with van der Waals surface area (Å²) in [7, 11) is 0. The van der Waals surface area contributed by atoms with E-state index in [1.54, 1.807) is 0 Å². The van der Waals surface area contributed by atoms with Crippen molar-refractivity contribution in [2.75, 3.05) is 13.2 Å². The molecule has 0 amide bonds. The molecule has 0 aliphatic rings. The minimum atomic E-state index is -0.808. The van der Waals surface area contributed by atoms with Gasteiger partial charge in [0.15, 0.2) is 6.10 Å². The zero-order valence-electron chi connectivity index (χ0n) is 40.5. The van der Waals surface area contributed by atoms with Crippen LogP contribution in [0.1, 0.15) is 213 Å². The molecule has 356 valence electrons. The molecule has 0 fully saturated rings. The summed E-state index contributed by atoms with van der Waals surface area (Å²) in [5.41, 5.74) is 0. The van der Waals surface area contributed by atoms with Gasteiger partial charge in [0.1, 0.15) is 13.2 Å². The zero-order valence-corrected chi connectivity index (χ0v) is 40.5. The van der Waals surface area contributed by atoms with Crippen LogP contribution in [0.15, 0.2) is 109 Å². The van der Waals surface area contributed by atoms with Gasteiger partial charge >= 0.3 is 17.9 Å². The van der Waals surface area contributed by atoms with Crippen molar-refractivity contribution < 1.29 is 28.6 Å². The van der Waals surface area contributed by atoms with Crippen molar-refractivity contribution in [3.05, 3.63) is 109 Å². The Morgan fingerprint density at radius 2 is 0.698 bits per heavy atom. The second-order valence-corrected chi connectivity index (χ2v) is 16.4. The van der Waals surface area contributed by atoms with Crippen molar-refractivity contribution in [3.63, 3.8) is 0 Å². The molecule has 0 aliphatic heterocycles. The molecule has 0 aliphatic carbocycles. The van der Waals surface area contributed by atoms with Crippen LogP contribution >= 0.6 is 0 Å². The number of allylic oxidation sites excluding steroid dienone is 18. The number of ether oxygens (including phenoxy) is 3. The molecule has 63 heavy (non-hydrogen) atoms. The third-order valence-corrected chi connectivity index (χ3v) is 10.4. The fourth-order valence-electron chi connectivity index (χ4n) is 6.57. The highest BCUT2D eigenvalue weighted by molar-refractivity contribution is 5.71. The van der Waals surface area contributed by atoms with Crippen LogP contribution in [0.2, 0.25) is 0 Å². The molecule has 1 unspecified atom stereocenters. The molecule has 0 rings (SSSR count). The first kappa shape index (κ1) is 59.1. The number of hydrogen-bond acceptors (Lipinski definition) is 6. The molecular formula is C57H92O6. The smallest absolute Gasteiger partial charge is 0.306 e. The average Bonchev–Trinajstić information content (AvgIpc) is 3.28. The van der Waals surface area contributed by atoms with Crippen LogP contribution in [0.4, 0.5) is 0 Å². The van der Waals surface area contributed by atoms with Gasteiger partial charge in [-0.2, -0.15) is 0 Å². The van der Waals surface area contributed by atoms with Crippen molar-refractivity contribution in [2.45, 2.75) is 219 Å². The van der Waals surface area contributed by atoms with Crippen molar-refractivity contribution in [1.29, 1.82) is 0 Å². The van der Waals surface area contributed by atoms with E-state index in [9.17, 15) is 14.4 Å². The van der Waals surface area contributed by atoms with Crippen LogP contribution < -0.4 is 0 Å². The highest BCUT2D eigenvalue weighted by Gasteiger charge is 2.19. The van der Waals surface area contributed by atoms with Gasteiger partial charge in [-0.3, -0.25) is 14.4 Å². The lowest BCUT2D eigenvalue weighted by atomic mass is 10.1. The van der Waals surface area contributed by atoms with Gasteiger partial charge in [-0.05, 0) is 96.3 Å². The summed E-state index contributed by atoms with van der Waals surface area (Å²) in [6.07, 6.45) is 67.8. The second-order valence-electron chi connectivity index (χ2n) is 16.4. The standard InChI is InChI=1S/C57H92O6/c1-4-7-10-13-16-19-22-25-27-28-29-30-33-35-38-41-44-47-50-56(59)62-53-54(52-61-55(58)49-46-43-40-37-34-31-24-21-18-15-12-9-6-3)63-57(60)51-48-45-42-39-36-32-26-23-20-17-14-11-8-5-2/h8-9,11-12,15,17-18,20-22,24-30,32,54H,4-7,10,13-14,16,19,23,31,33-53H2,1-3H3/b11-8+,12-9+,18-15+,20-17+,24-21+,25-22+,28-27+,30-29+,32-26+. The quantitative estimate of drug-likeness (QED) is 0.0199. The van der Waals surface area contributed by atoms with Crippen molar-refractivity contribution in [1.82, 2.24) is 0 Å². The number of esters is 3. The predicted molar refractivity (Wildman–Crippen MR) is 270 cm³/mol. The molecular weight excluding hydrogens is 781 g/mol. The van der Waals surface area contributed by atoms with Crippen molar-refractivity contribution >= 4 is 17.9 Å². The SMILES string of the molecule is CC/C=C/C=C/C=C/CCCCCCCC(=O)OCC(COC(=O)CCCCCCC/C=C/C=C/C=C/CCCCCCC)OC(=O)CCCCCC/C=C/C/C=C/C/C=C/CC. The number of rotatable bonds is 44. The van der Waals surface area contributed by atoms with E-state index in [0.717, 1.165) is 141 Å². The van der Waals surface area contributed by atoms with Gasteiger partial charge in [-0.25, -0.2) is 0 Å². The second kappa shape index (κ2) is 50.7. The van der Waals surface area contributed by atoms with Gasteiger partial charge in [0.05, 0.1) is 0 Å². The van der Waals surface area contributed by atoms with Crippen molar-refractivity contribution in [2.24, 2.45) is 0 Å². The molecule has 0 heterocycles. The zero-order chi connectivity index (χ0) is 45.8. The van der Waals surface area contributed by atoms with E-state index in [1.807, 2.05) is 0 Å². The number of carbonyl (C=O) groups excluding carboxylic acids is 3. The third-order valence-electron chi connectivity index (χ3n) is 10.4. The fraction of sp³-hybridized carbons (Fsp3) is 0.632. The van der Waals surface area contributed by atoms with Crippen molar-refractivity contribution in [3.8, 4) is 0 Å². The summed E-state index contributed by atoms with van der Waals surface area (Å²) in [6.45, 7) is 6.30. The fourth-order valence-corrected chi connectivity index (χ4v) is 6.57. The minimum Gasteiger partial charge on any atom is -0.462 e. The lowest BCUT2D eigenvalue weighted by molar-refractivity contribution is -0.167. The van der Waals surface area contributed by atoms with E-state index in [4.69, 9.17) is 14.2 Å². The Morgan fingerprint density at radius 3 is 1.14 bits per heavy atom. The average molecular weight is 873 g/mol. The first-order valence-corrected chi connectivity index (χ1v) is 25.5. The Kier molecular flexibility index (Phi) is 47.5. The molecule has 6 heteroatoms. The van der Waals surface area contributed by atoms with Gasteiger partial charge in [-0.15, -0.1) is 0 Å². The first-order valence-electron chi connectivity index (χ1n) is 25.5. The predicted octanol–water partition coefficient (Wildman–Crippen LogP) is 16.8. The molecule has 0 radical (unpaired) electrons. The van der Waals surface area contributed by atoms with E-state index >= 15 is 0 Å². The van der Waals surface area contributed by atoms with E-state index in [1.165, 1.54) is 32.1 Å². The minimum absolute atomic E-state index is 0.107. The first-order chi connectivity index (χ1) is 31.0. The molecule has 0 bridgehead atoms. The van der Waals surface area contributed by atoms with E-state index in [-0.39, 0.29) is 37.5 Å². The van der Waals surface area contributed by atoms with Gasteiger partial charge in [-0.1, -0.05) is 207 Å². The van der Waals surface area contributed by atoms with Crippen LogP contribution in [0, 0.1) is 0 Å². The van der Waals surface area contributed by atoms with Crippen LogP contribution in [0.3, 0.4) is 0 Å². The maximum absolute atomic E-state index is 12.8. The molecule has 0 aromatic heterocycles. The van der Waals surface area contributed by atoms with E-state index < -0.39 is 6.10 Å². The summed E-state index contributed by atoms with van der Waals surface area (Å²) in [4.78, 5) is 38.0. The molecule has 0 aromatic rings. The molecule has 0 saturated heterocycles. The molecule has 1 atom stereocenters. The Morgan fingerprint density at radius 1 is 0.349 bits per heavy atom. The highest BCUT2D eigenvalue weighted by Crippen LogP contribution is 2.13. The molecule has 0 N–H and O–H groups in total. The van der Waals surface area contributed by atoms with Crippen LogP contribution in [0.5, 0.6) is 0 Å². The van der Waals surface area contributed by atoms with E-state index in [0.29, 0.717) is 12.8 Å². The highest BCUT2D eigenvalue weighted by atomic mass is 16.6. The maximum Gasteiger partial charge on any atom is 0.306 e. The lowest BCUT2D eigenvalue weighted by Crippen LogP contribution is -2.30. The summed E-state index contributed by atoms with van der Waals surface area (Å²) in [6, 6.07) is 0. The normalized spacial score (nSPS) is 13.0.